The lowest BCUT2D eigenvalue weighted by atomic mass is 10.1. The molecular formula is C20H21BrN8. The number of hydrogen-bond acceptors (Lipinski definition) is 7. The summed E-state index contributed by atoms with van der Waals surface area (Å²) in [4.78, 5) is 15.5. The highest BCUT2D eigenvalue weighted by atomic mass is 79.9. The van der Waals surface area contributed by atoms with E-state index in [1.807, 2.05) is 30.1 Å². The average Bonchev–Trinajstić information content (AvgIpc) is 3.14. The molecule has 0 saturated heterocycles. The van der Waals surface area contributed by atoms with Crippen molar-refractivity contribution in [3.05, 3.63) is 64.9 Å². The summed E-state index contributed by atoms with van der Waals surface area (Å²) in [5, 5.41) is 7.73. The minimum Gasteiger partial charge on any atom is -0.350 e. The Morgan fingerprint density at radius 3 is 2.69 bits per heavy atom. The van der Waals surface area contributed by atoms with E-state index in [0.717, 1.165) is 21.3 Å². The third kappa shape index (κ3) is 4.20. The standard InChI is InChI=1S/C20H21BrN8/c1-28(11-9-22)20-26-18-16(21)13-25-29(18)19(27-20)24-12-14-5-7-15(8-6-14)17-4-2-3-10-23-17/h2-8,10,13H,9,11-12,22H2,1H3,(H,24,26,27). The molecule has 0 unspecified atom stereocenters. The van der Waals surface area contributed by atoms with Crippen molar-refractivity contribution in [1.29, 1.82) is 0 Å². The minimum atomic E-state index is 0.525. The Balaban J connectivity index is 1.56. The van der Waals surface area contributed by atoms with Crippen molar-refractivity contribution >= 4 is 33.5 Å². The summed E-state index contributed by atoms with van der Waals surface area (Å²) in [6.45, 7) is 1.79. The first-order valence-corrected chi connectivity index (χ1v) is 10.0. The molecule has 0 aliphatic heterocycles. The van der Waals surface area contributed by atoms with E-state index in [0.29, 0.717) is 37.2 Å². The van der Waals surface area contributed by atoms with Gasteiger partial charge >= 0.3 is 0 Å². The zero-order valence-corrected chi connectivity index (χ0v) is 17.5. The highest BCUT2D eigenvalue weighted by Gasteiger charge is 2.14. The van der Waals surface area contributed by atoms with Crippen LogP contribution in [0.1, 0.15) is 5.56 Å². The van der Waals surface area contributed by atoms with Crippen molar-refractivity contribution in [3.63, 3.8) is 0 Å². The van der Waals surface area contributed by atoms with E-state index < -0.39 is 0 Å². The van der Waals surface area contributed by atoms with E-state index in [-0.39, 0.29) is 0 Å². The molecule has 0 radical (unpaired) electrons. The Hall–Kier alpha value is -3.04. The summed E-state index contributed by atoms with van der Waals surface area (Å²) in [7, 11) is 1.92. The van der Waals surface area contributed by atoms with Gasteiger partial charge in [-0.1, -0.05) is 30.3 Å². The molecule has 0 saturated carbocycles. The van der Waals surface area contributed by atoms with E-state index in [4.69, 9.17) is 5.73 Å². The van der Waals surface area contributed by atoms with Gasteiger partial charge in [0.1, 0.15) is 0 Å². The van der Waals surface area contributed by atoms with Gasteiger partial charge in [0.25, 0.3) is 0 Å². The lowest BCUT2D eigenvalue weighted by Crippen LogP contribution is -2.27. The minimum absolute atomic E-state index is 0.525. The van der Waals surface area contributed by atoms with Crippen LogP contribution in [0.3, 0.4) is 0 Å². The molecule has 0 fully saturated rings. The van der Waals surface area contributed by atoms with Crippen LogP contribution in [0.25, 0.3) is 16.9 Å². The molecule has 1 aromatic carbocycles. The number of aromatic nitrogens is 5. The van der Waals surface area contributed by atoms with Crippen molar-refractivity contribution in [2.24, 2.45) is 5.73 Å². The van der Waals surface area contributed by atoms with Crippen LogP contribution in [0, 0.1) is 0 Å². The highest BCUT2D eigenvalue weighted by Crippen LogP contribution is 2.22. The van der Waals surface area contributed by atoms with Gasteiger partial charge in [-0.15, -0.1) is 0 Å². The van der Waals surface area contributed by atoms with Gasteiger partial charge < -0.3 is 16.0 Å². The highest BCUT2D eigenvalue weighted by molar-refractivity contribution is 9.10. The number of nitrogens with zero attached hydrogens (tertiary/aromatic N) is 6. The first-order chi connectivity index (χ1) is 14.2. The Labute approximate surface area is 176 Å². The van der Waals surface area contributed by atoms with Crippen molar-refractivity contribution in [2.45, 2.75) is 6.54 Å². The topological polar surface area (TPSA) is 97.3 Å². The maximum atomic E-state index is 5.67. The number of halogens is 1. The molecule has 148 valence electrons. The fourth-order valence-corrected chi connectivity index (χ4v) is 3.27. The van der Waals surface area contributed by atoms with Crippen LogP contribution < -0.4 is 16.0 Å². The van der Waals surface area contributed by atoms with E-state index in [2.05, 4.69) is 65.6 Å². The SMILES string of the molecule is CN(CCN)c1nc(NCc2ccc(-c3ccccn3)cc2)n2ncc(Br)c2n1. The molecule has 4 aromatic rings. The van der Waals surface area contributed by atoms with Crippen LogP contribution in [0.5, 0.6) is 0 Å². The zero-order chi connectivity index (χ0) is 20.2. The van der Waals surface area contributed by atoms with Crippen molar-refractivity contribution in [1.82, 2.24) is 24.6 Å². The fourth-order valence-electron chi connectivity index (χ4n) is 2.93. The largest absolute Gasteiger partial charge is 0.350 e. The number of anilines is 2. The summed E-state index contributed by atoms with van der Waals surface area (Å²) in [6.07, 6.45) is 3.51. The molecule has 29 heavy (non-hydrogen) atoms. The van der Waals surface area contributed by atoms with E-state index in [9.17, 15) is 0 Å². The van der Waals surface area contributed by atoms with Gasteiger partial charge in [0.2, 0.25) is 11.9 Å². The normalized spacial score (nSPS) is 11.0. The fraction of sp³-hybridized carbons (Fsp3) is 0.200. The third-order valence-electron chi connectivity index (χ3n) is 4.48. The Kier molecular flexibility index (Phi) is 5.68. The van der Waals surface area contributed by atoms with Crippen LogP contribution >= 0.6 is 15.9 Å². The molecule has 3 N–H and O–H groups in total. The van der Waals surface area contributed by atoms with Crippen LogP contribution in [0.15, 0.2) is 59.3 Å². The third-order valence-corrected chi connectivity index (χ3v) is 5.04. The second-order valence-corrected chi connectivity index (χ2v) is 7.41. The molecular weight excluding hydrogens is 432 g/mol. The zero-order valence-electron chi connectivity index (χ0n) is 16.0. The van der Waals surface area contributed by atoms with Gasteiger partial charge in [0, 0.05) is 38.4 Å². The smallest absolute Gasteiger partial charge is 0.230 e. The van der Waals surface area contributed by atoms with Gasteiger partial charge in [-0.3, -0.25) is 4.98 Å². The number of likely N-dealkylation sites (N-methyl/N-ethyl adjacent to an activating group) is 1. The monoisotopic (exact) mass is 452 g/mol. The van der Waals surface area contributed by atoms with E-state index in [1.165, 1.54) is 0 Å². The molecule has 9 heteroatoms. The lowest BCUT2D eigenvalue weighted by Gasteiger charge is -2.17. The predicted molar refractivity (Wildman–Crippen MR) is 118 cm³/mol. The van der Waals surface area contributed by atoms with Crippen LogP contribution in [-0.2, 0) is 6.54 Å². The first kappa shape index (κ1) is 19.3. The van der Waals surface area contributed by atoms with E-state index >= 15 is 0 Å². The molecule has 0 aliphatic carbocycles. The molecule has 3 aromatic heterocycles. The molecule has 0 spiro atoms. The Bertz CT molecular complexity index is 1090. The Morgan fingerprint density at radius 2 is 1.97 bits per heavy atom. The molecule has 8 nitrogen and oxygen atoms in total. The van der Waals surface area contributed by atoms with Crippen molar-refractivity contribution in [3.8, 4) is 11.3 Å². The van der Waals surface area contributed by atoms with Crippen molar-refractivity contribution < 1.29 is 0 Å². The second-order valence-electron chi connectivity index (χ2n) is 6.55. The number of fused-ring (bicyclic) bond motifs is 1. The Morgan fingerprint density at radius 1 is 1.14 bits per heavy atom. The van der Waals surface area contributed by atoms with Gasteiger partial charge in [-0.05, 0) is 33.6 Å². The molecule has 0 aliphatic rings. The summed E-state index contributed by atoms with van der Waals surface area (Å²) >= 11 is 3.50. The summed E-state index contributed by atoms with van der Waals surface area (Å²) in [5.74, 6) is 1.21. The van der Waals surface area contributed by atoms with Gasteiger partial charge in [-0.2, -0.15) is 19.6 Å². The van der Waals surface area contributed by atoms with E-state index in [1.54, 1.807) is 16.9 Å². The molecule has 3 heterocycles. The van der Waals surface area contributed by atoms with Crippen molar-refractivity contribution in [2.75, 3.05) is 30.4 Å². The number of hydrogen-bond donors (Lipinski definition) is 2. The number of rotatable bonds is 7. The summed E-state index contributed by atoms with van der Waals surface area (Å²) in [6, 6.07) is 14.2. The average molecular weight is 453 g/mol. The quantitative estimate of drug-likeness (QED) is 0.444. The maximum Gasteiger partial charge on any atom is 0.230 e. The molecule has 4 rings (SSSR count). The second kappa shape index (κ2) is 8.54. The predicted octanol–water partition coefficient (Wildman–Crippen LogP) is 2.96. The first-order valence-electron chi connectivity index (χ1n) is 9.22. The van der Waals surface area contributed by atoms with Crippen LogP contribution in [-0.4, -0.2) is 44.7 Å². The summed E-state index contributed by atoms with van der Waals surface area (Å²) < 4.78 is 2.50. The maximum absolute atomic E-state index is 5.67. The molecule has 0 amide bonds. The number of nitrogens with one attached hydrogen (secondary N) is 1. The number of benzene rings is 1. The lowest BCUT2D eigenvalue weighted by molar-refractivity contribution is 0.817. The molecule has 0 bridgehead atoms. The number of nitrogens with two attached hydrogens (primary N) is 1. The molecule has 0 atom stereocenters. The number of pyridine rings is 1. The van der Waals surface area contributed by atoms with Gasteiger partial charge in [0.05, 0.1) is 16.4 Å². The van der Waals surface area contributed by atoms with Crippen LogP contribution in [0.2, 0.25) is 0 Å². The van der Waals surface area contributed by atoms with Gasteiger partial charge in [0.15, 0.2) is 5.65 Å². The van der Waals surface area contributed by atoms with Gasteiger partial charge in [-0.25, -0.2) is 0 Å². The van der Waals surface area contributed by atoms with Crippen LogP contribution in [0.4, 0.5) is 11.9 Å². The summed E-state index contributed by atoms with van der Waals surface area (Å²) in [5.41, 5.74) is 9.54.